The zero-order valence-electron chi connectivity index (χ0n) is 14.6. The number of benzene rings is 2. The summed E-state index contributed by atoms with van der Waals surface area (Å²) < 4.78 is 0. The van der Waals surface area contributed by atoms with Crippen LogP contribution in [-0.2, 0) is 6.54 Å². The van der Waals surface area contributed by atoms with Crippen molar-refractivity contribution in [2.75, 3.05) is 12.4 Å². The predicted molar refractivity (Wildman–Crippen MR) is 98.5 cm³/mol. The molecule has 6 heteroatoms. The molecule has 0 unspecified atom stereocenters. The molecule has 3 rings (SSSR count). The number of aromatic nitrogens is 3. The molecular formula is C19H21N5O. The third-order valence-electron chi connectivity index (χ3n) is 4.20. The van der Waals surface area contributed by atoms with E-state index in [4.69, 9.17) is 0 Å². The van der Waals surface area contributed by atoms with E-state index in [1.165, 1.54) is 5.56 Å². The van der Waals surface area contributed by atoms with Crippen molar-refractivity contribution < 1.29 is 4.79 Å². The number of anilines is 1. The summed E-state index contributed by atoms with van der Waals surface area (Å²) in [6, 6.07) is 12.3. The number of H-pyrrole nitrogens is 1. The molecule has 0 aliphatic heterocycles. The van der Waals surface area contributed by atoms with Gasteiger partial charge in [0.25, 0.3) is 5.91 Å². The van der Waals surface area contributed by atoms with Crippen LogP contribution in [0.1, 0.15) is 27.2 Å². The van der Waals surface area contributed by atoms with Crippen molar-refractivity contribution in [1.82, 2.24) is 20.7 Å². The van der Waals surface area contributed by atoms with Gasteiger partial charge in [-0.15, -0.1) is 0 Å². The molecule has 0 spiro atoms. The van der Waals surface area contributed by atoms with Crippen LogP contribution < -0.4 is 10.6 Å². The third kappa shape index (κ3) is 3.68. The molecule has 3 N–H and O–H groups in total. The number of aryl methyl sites for hydroxylation is 1. The summed E-state index contributed by atoms with van der Waals surface area (Å²) in [6.45, 7) is 4.33. The minimum absolute atomic E-state index is 0.133. The highest BCUT2D eigenvalue weighted by atomic mass is 16.1. The van der Waals surface area contributed by atoms with Crippen LogP contribution in [0.4, 0.5) is 5.69 Å². The zero-order chi connectivity index (χ0) is 17.8. The van der Waals surface area contributed by atoms with Crippen LogP contribution in [0.2, 0.25) is 0 Å². The van der Waals surface area contributed by atoms with Crippen LogP contribution in [0.25, 0.3) is 11.1 Å². The lowest BCUT2D eigenvalue weighted by Crippen LogP contribution is -2.24. The average Bonchev–Trinajstić information content (AvgIpc) is 3.14. The van der Waals surface area contributed by atoms with E-state index < -0.39 is 0 Å². The number of rotatable bonds is 5. The summed E-state index contributed by atoms with van der Waals surface area (Å²) in [7, 11) is 1.86. The molecule has 25 heavy (non-hydrogen) atoms. The Morgan fingerprint density at radius 1 is 1.12 bits per heavy atom. The summed E-state index contributed by atoms with van der Waals surface area (Å²) in [5.41, 5.74) is 6.46. The van der Waals surface area contributed by atoms with Gasteiger partial charge in [0.15, 0.2) is 0 Å². The maximum Gasteiger partial charge on any atom is 0.251 e. The van der Waals surface area contributed by atoms with Crippen LogP contribution in [0.3, 0.4) is 0 Å². The van der Waals surface area contributed by atoms with Crippen LogP contribution in [-0.4, -0.2) is 28.4 Å². The monoisotopic (exact) mass is 335 g/mol. The number of nitrogens with one attached hydrogen (secondary N) is 3. The van der Waals surface area contributed by atoms with Crippen molar-refractivity contribution in [2.45, 2.75) is 20.4 Å². The molecule has 1 heterocycles. The van der Waals surface area contributed by atoms with Crippen molar-refractivity contribution in [3.05, 3.63) is 65.0 Å². The number of hydrogen-bond acceptors (Lipinski definition) is 4. The van der Waals surface area contributed by atoms with Crippen molar-refractivity contribution >= 4 is 11.6 Å². The van der Waals surface area contributed by atoms with Crippen LogP contribution >= 0.6 is 0 Å². The van der Waals surface area contributed by atoms with Gasteiger partial charge in [-0.3, -0.25) is 4.79 Å². The van der Waals surface area contributed by atoms with Gasteiger partial charge in [-0.05, 0) is 42.7 Å². The Hall–Kier alpha value is -3.15. The van der Waals surface area contributed by atoms with Gasteiger partial charge in [-0.1, -0.05) is 29.8 Å². The number of carbonyl (C=O) groups excluding carboxylic acids is 1. The summed E-state index contributed by atoms with van der Waals surface area (Å²) in [6.07, 6.45) is 1.59. The summed E-state index contributed by atoms with van der Waals surface area (Å²) in [5.74, 6) is -0.133. The molecule has 1 aromatic heterocycles. The van der Waals surface area contributed by atoms with Crippen molar-refractivity contribution in [1.29, 1.82) is 0 Å². The highest BCUT2D eigenvalue weighted by Gasteiger charge is 2.14. The molecule has 3 aromatic rings. The second-order valence-electron chi connectivity index (χ2n) is 5.96. The quantitative estimate of drug-likeness (QED) is 0.669. The van der Waals surface area contributed by atoms with E-state index >= 15 is 0 Å². The Kier molecular flexibility index (Phi) is 4.79. The molecule has 1 amide bonds. The fourth-order valence-electron chi connectivity index (χ4n) is 2.70. The second-order valence-corrected chi connectivity index (χ2v) is 5.96. The van der Waals surface area contributed by atoms with Crippen LogP contribution in [0.5, 0.6) is 0 Å². The molecule has 128 valence electrons. The first-order valence-electron chi connectivity index (χ1n) is 8.10. The first-order chi connectivity index (χ1) is 12.1. The highest BCUT2D eigenvalue weighted by Crippen LogP contribution is 2.28. The molecule has 0 saturated carbocycles. The molecule has 0 saturated heterocycles. The standard InChI is InChI=1S/C19H21N5O/c1-12-4-6-14(7-5-12)15-8-17(13(2)18(9-15)20-3)19(25)21-10-16-11-22-24-23-16/h4-9,11,20H,10H2,1-3H3,(H,21,25)(H,22,23,24). The number of amides is 1. The van der Waals surface area contributed by atoms with E-state index in [2.05, 4.69) is 63.3 Å². The lowest BCUT2D eigenvalue weighted by molar-refractivity contribution is 0.0950. The average molecular weight is 335 g/mol. The van der Waals surface area contributed by atoms with E-state index in [0.29, 0.717) is 17.8 Å². The van der Waals surface area contributed by atoms with Crippen molar-refractivity contribution in [2.24, 2.45) is 0 Å². The number of carbonyl (C=O) groups is 1. The molecule has 6 nitrogen and oxygen atoms in total. The smallest absolute Gasteiger partial charge is 0.251 e. The van der Waals surface area contributed by atoms with Gasteiger partial charge < -0.3 is 10.6 Å². The fourth-order valence-corrected chi connectivity index (χ4v) is 2.70. The van der Waals surface area contributed by atoms with Gasteiger partial charge >= 0.3 is 0 Å². The van der Waals surface area contributed by atoms with E-state index in [1.54, 1.807) is 6.20 Å². The number of nitrogens with zero attached hydrogens (tertiary/aromatic N) is 2. The summed E-state index contributed by atoms with van der Waals surface area (Å²) >= 11 is 0. The van der Waals surface area contributed by atoms with Gasteiger partial charge in [0.2, 0.25) is 0 Å². The topological polar surface area (TPSA) is 82.7 Å². The number of hydrogen-bond donors (Lipinski definition) is 3. The second kappa shape index (κ2) is 7.17. The van der Waals surface area contributed by atoms with Gasteiger partial charge in [-0.2, -0.15) is 15.4 Å². The zero-order valence-corrected chi connectivity index (χ0v) is 14.6. The molecular weight excluding hydrogens is 314 g/mol. The predicted octanol–water partition coefficient (Wildman–Crippen LogP) is 3.06. The van der Waals surface area contributed by atoms with Crippen LogP contribution in [0.15, 0.2) is 42.6 Å². The Morgan fingerprint density at radius 2 is 1.88 bits per heavy atom. The van der Waals surface area contributed by atoms with Gasteiger partial charge in [0, 0.05) is 18.3 Å². The fraction of sp³-hybridized carbons (Fsp3) is 0.211. The Balaban J connectivity index is 1.92. The van der Waals surface area contributed by atoms with E-state index in [0.717, 1.165) is 22.4 Å². The normalized spacial score (nSPS) is 10.5. The molecule has 0 fully saturated rings. The highest BCUT2D eigenvalue weighted by molar-refractivity contribution is 5.98. The van der Waals surface area contributed by atoms with Gasteiger partial charge in [0.1, 0.15) is 5.69 Å². The third-order valence-corrected chi connectivity index (χ3v) is 4.20. The van der Waals surface area contributed by atoms with E-state index in [1.807, 2.05) is 20.0 Å². The lowest BCUT2D eigenvalue weighted by atomic mass is 9.97. The number of aromatic amines is 1. The largest absolute Gasteiger partial charge is 0.388 e. The maximum absolute atomic E-state index is 12.7. The lowest BCUT2D eigenvalue weighted by Gasteiger charge is -2.14. The van der Waals surface area contributed by atoms with Crippen LogP contribution in [0, 0.1) is 13.8 Å². The molecule has 0 atom stereocenters. The first-order valence-corrected chi connectivity index (χ1v) is 8.10. The van der Waals surface area contributed by atoms with Gasteiger partial charge in [0.05, 0.1) is 12.7 Å². The summed E-state index contributed by atoms with van der Waals surface area (Å²) in [4.78, 5) is 12.7. The van der Waals surface area contributed by atoms with Crippen molar-refractivity contribution in [3.63, 3.8) is 0 Å². The first kappa shape index (κ1) is 16.7. The summed E-state index contributed by atoms with van der Waals surface area (Å²) in [5, 5.41) is 16.3. The minimum Gasteiger partial charge on any atom is -0.388 e. The molecule has 2 aromatic carbocycles. The SMILES string of the molecule is CNc1cc(-c2ccc(C)cc2)cc(C(=O)NCc2cn[nH]n2)c1C. The Labute approximate surface area is 146 Å². The van der Waals surface area contributed by atoms with Gasteiger partial charge in [-0.25, -0.2) is 0 Å². The van der Waals surface area contributed by atoms with E-state index in [-0.39, 0.29) is 5.91 Å². The molecule has 0 radical (unpaired) electrons. The molecule has 0 aliphatic rings. The van der Waals surface area contributed by atoms with E-state index in [9.17, 15) is 4.79 Å². The molecule has 0 bridgehead atoms. The Morgan fingerprint density at radius 3 is 2.52 bits per heavy atom. The van der Waals surface area contributed by atoms with Crippen molar-refractivity contribution in [3.8, 4) is 11.1 Å². The minimum atomic E-state index is -0.133. The molecule has 0 aliphatic carbocycles. The Bertz CT molecular complexity index is 870. The maximum atomic E-state index is 12.7.